The van der Waals surface area contributed by atoms with Crippen LogP contribution in [0.3, 0.4) is 0 Å². The van der Waals surface area contributed by atoms with E-state index < -0.39 is 17.4 Å². The summed E-state index contributed by atoms with van der Waals surface area (Å²) in [6.07, 6.45) is 11.7. The Morgan fingerprint density at radius 1 is 0.878 bits per heavy atom. The highest BCUT2D eigenvalue weighted by molar-refractivity contribution is 5.89. The van der Waals surface area contributed by atoms with Gasteiger partial charge in [-0.3, -0.25) is 4.79 Å². The molecule has 222 valence electrons. The second-order valence-corrected chi connectivity index (χ2v) is 16.1. The van der Waals surface area contributed by atoms with E-state index in [1.54, 1.807) is 6.07 Å². The first-order valence-electron chi connectivity index (χ1n) is 16.1. The number of fused-ring (bicyclic) bond motifs is 7. The number of hydrogen-bond acceptors (Lipinski definition) is 2. The van der Waals surface area contributed by atoms with Gasteiger partial charge in [-0.05, 0) is 139 Å². The van der Waals surface area contributed by atoms with Gasteiger partial charge < -0.3 is 10.2 Å². The average Bonchev–Trinajstić information content (AvgIpc) is 3.30. The fourth-order valence-corrected chi connectivity index (χ4v) is 12.4. The molecule has 41 heavy (non-hydrogen) atoms. The van der Waals surface area contributed by atoms with E-state index >= 15 is 0 Å². The van der Waals surface area contributed by atoms with E-state index in [-0.39, 0.29) is 27.6 Å². The molecule has 1 aromatic carbocycles. The molecule has 0 aliphatic heterocycles. The van der Waals surface area contributed by atoms with Gasteiger partial charge in [0.2, 0.25) is 0 Å². The van der Waals surface area contributed by atoms with Crippen molar-refractivity contribution < 1.29 is 19.8 Å². The minimum Gasteiger partial charge on any atom is -0.481 e. The van der Waals surface area contributed by atoms with Crippen LogP contribution in [0.4, 0.5) is 0 Å². The molecular weight excluding hydrogens is 508 g/mol. The number of carbonyl (C=O) groups is 2. The normalized spacial score (nSPS) is 44.4. The van der Waals surface area contributed by atoms with Crippen LogP contribution in [-0.4, -0.2) is 22.2 Å². The third-order valence-corrected chi connectivity index (χ3v) is 14.5. The third kappa shape index (κ3) is 3.64. The van der Waals surface area contributed by atoms with E-state index in [1.807, 2.05) is 12.1 Å². The quantitative estimate of drug-likeness (QED) is 0.361. The maximum atomic E-state index is 12.9. The number of rotatable bonds is 4. The first-order valence-corrected chi connectivity index (χ1v) is 16.1. The molecule has 4 heteroatoms. The van der Waals surface area contributed by atoms with Crippen LogP contribution in [0, 0.1) is 56.7 Å². The van der Waals surface area contributed by atoms with Gasteiger partial charge >= 0.3 is 11.9 Å². The minimum atomic E-state index is -0.875. The van der Waals surface area contributed by atoms with Crippen LogP contribution in [-0.2, 0) is 4.79 Å². The average molecular weight is 559 g/mol. The summed E-state index contributed by atoms with van der Waals surface area (Å²) in [5.74, 6) is 0.616. The van der Waals surface area contributed by atoms with Crippen molar-refractivity contribution in [1.82, 2.24) is 0 Å². The topological polar surface area (TPSA) is 74.6 Å². The molecule has 0 aromatic heterocycles. The molecule has 2 N–H and O–H groups in total. The predicted molar refractivity (Wildman–Crippen MR) is 163 cm³/mol. The molecule has 0 spiro atoms. The molecule has 4 fully saturated rings. The highest BCUT2D eigenvalue weighted by Gasteiger charge is 2.71. The Bertz CT molecular complexity index is 1340. The van der Waals surface area contributed by atoms with Crippen LogP contribution in [0.25, 0.3) is 5.57 Å². The maximum Gasteiger partial charge on any atom is 0.335 e. The number of hydrogen-bond donors (Lipinski definition) is 2. The Morgan fingerprint density at radius 2 is 1.61 bits per heavy atom. The summed E-state index contributed by atoms with van der Waals surface area (Å²) in [5.41, 5.74) is 3.68. The molecule has 0 heterocycles. The van der Waals surface area contributed by atoms with Gasteiger partial charge in [-0.2, -0.15) is 0 Å². The predicted octanol–water partition coefficient (Wildman–Crippen LogP) is 9.12. The molecule has 0 amide bonds. The first kappa shape index (κ1) is 28.7. The number of carboxylic acids is 2. The molecular formula is C37H50O4. The van der Waals surface area contributed by atoms with Crippen LogP contribution in [0.1, 0.15) is 115 Å². The molecule has 0 radical (unpaired) electrons. The van der Waals surface area contributed by atoms with Gasteiger partial charge in [-0.1, -0.05) is 65.0 Å². The lowest BCUT2D eigenvalue weighted by Crippen LogP contribution is -2.65. The second-order valence-electron chi connectivity index (χ2n) is 16.1. The number of aromatic carboxylic acids is 1. The zero-order chi connectivity index (χ0) is 29.8. The molecule has 5 aliphatic carbocycles. The smallest absolute Gasteiger partial charge is 0.335 e. The molecule has 5 aliphatic rings. The number of aliphatic carboxylic acids is 1. The van der Waals surface area contributed by atoms with Crippen molar-refractivity contribution in [3.05, 3.63) is 53.6 Å². The SMILES string of the molecule is C=C(C)[C@@H]1CC[C@]2(C(=O)O)CC[C@]3(C)[C@H](CCC4[C@@]5(C)CC=C(c6cccc(C(=O)O)c6)C(C)(C)[C@@H]5CC[C@]43C)[C@@H]12. The molecule has 9 atom stereocenters. The van der Waals surface area contributed by atoms with Gasteiger partial charge in [0.1, 0.15) is 0 Å². The molecule has 4 saturated carbocycles. The van der Waals surface area contributed by atoms with Crippen molar-refractivity contribution in [3.63, 3.8) is 0 Å². The summed E-state index contributed by atoms with van der Waals surface area (Å²) in [5, 5.41) is 20.3. The van der Waals surface area contributed by atoms with Gasteiger partial charge in [0.05, 0.1) is 11.0 Å². The zero-order valence-electron chi connectivity index (χ0n) is 26.1. The Morgan fingerprint density at radius 3 is 2.27 bits per heavy atom. The van der Waals surface area contributed by atoms with E-state index in [2.05, 4.69) is 60.3 Å². The van der Waals surface area contributed by atoms with E-state index in [9.17, 15) is 19.8 Å². The minimum absolute atomic E-state index is 0.0647. The lowest BCUT2D eigenvalue weighted by atomic mass is 9.32. The van der Waals surface area contributed by atoms with Crippen LogP contribution < -0.4 is 0 Å². The largest absolute Gasteiger partial charge is 0.481 e. The fourth-order valence-electron chi connectivity index (χ4n) is 12.4. The van der Waals surface area contributed by atoms with Crippen molar-refractivity contribution >= 4 is 17.5 Å². The summed E-state index contributed by atoms with van der Waals surface area (Å²) >= 11 is 0. The molecule has 6 rings (SSSR count). The fraction of sp³-hybridized carbons (Fsp3) is 0.676. The van der Waals surface area contributed by atoms with Gasteiger partial charge in [-0.15, -0.1) is 0 Å². The highest BCUT2D eigenvalue weighted by atomic mass is 16.4. The summed E-state index contributed by atoms with van der Waals surface area (Å²) in [6.45, 7) is 19.0. The number of benzene rings is 1. The van der Waals surface area contributed by atoms with Crippen LogP contribution in [0.5, 0.6) is 0 Å². The highest BCUT2D eigenvalue weighted by Crippen LogP contribution is 2.77. The standard InChI is InChI=1S/C37H50O4/c1-22(2)25-13-18-37(32(40)41)20-19-35(6)27(30(25)37)11-12-29-34(5)16-14-26(23-9-8-10-24(21-23)31(38)39)33(3,4)28(34)15-17-36(29,35)7/h8-10,14,21,25,27-30H,1,11-13,15-20H2,2-7H3,(H,38,39)(H,40,41)/t25-,27+,28-,29?,30+,34-,35+,36+,37-/m0/s1. The van der Waals surface area contributed by atoms with Crippen LogP contribution >= 0.6 is 0 Å². The zero-order valence-corrected chi connectivity index (χ0v) is 26.1. The molecule has 1 unspecified atom stereocenters. The number of carboxylic acid groups (broad SMARTS) is 2. The summed E-state index contributed by atoms with van der Waals surface area (Å²) in [4.78, 5) is 24.7. The van der Waals surface area contributed by atoms with E-state index in [0.717, 1.165) is 50.5 Å². The van der Waals surface area contributed by atoms with Gasteiger partial charge in [0.15, 0.2) is 0 Å². The van der Waals surface area contributed by atoms with Crippen molar-refractivity contribution in [2.45, 2.75) is 99.3 Å². The first-order chi connectivity index (χ1) is 19.1. The van der Waals surface area contributed by atoms with Gasteiger partial charge in [0.25, 0.3) is 0 Å². The molecule has 4 nitrogen and oxygen atoms in total. The van der Waals surface area contributed by atoms with E-state index in [4.69, 9.17) is 0 Å². The molecule has 0 bridgehead atoms. The maximum absolute atomic E-state index is 12.9. The van der Waals surface area contributed by atoms with Gasteiger partial charge in [0, 0.05) is 0 Å². The van der Waals surface area contributed by atoms with Crippen LogP contribution in [0.15, 0.2) is 42.5 Å². The van der Waals surface area contributed by atoms with Gasteiger partial charge in [-0.25, -0.2) is 4.79 Å². The Balaban J connectivity index is 1.39. The summed E-state index contributed by atoms with van der Waals surface area (Å²) in [7, 11) is 0. The monoisotopic (exact) mass is 558 g/mol. The van der Waals surface area contributed by atoms with E-state index in [0.29, 0.717) is 29.2 Å². The van der Waals surface area contributed by atoms with E-state index in [1.165, 1.54) is 24.0 Å². The molecule has 0 saturated heterocycles. The Labute approximate surface area is 246 Å². The molecule has 1 aromatic rings. The van der Waals surface area contributed by atoms with Crippen molar-refractivity contribution in [2.24, 2.45) is 56.7 Å². The second kappa shape index (κ2) is 9.07. The number of allylic oxidation sites excluding steroid dienone is 3. The summed E-state index contributed by atoms with van der Waals surface area (Å²) < 4.78 is 0. The Hall–Kier alpha value is -2.36. The van der Waals surface area contributed by atoms with Crippen molar-refractivity contribution in [1.29, 1.82) is 0 Å². The third-order valence-electron chi connectivity index (χ3n) is 14.5. The summed E-state index contributed by atoms with van der Waals surface area (Å²) in [6, 6.07) is 7.50. The Kier molecular flexibility index (Phi) is 6.36. The van der Waals surface area contributed by atoms with Crippen LogP contribution in [0.2, 0.25) is 0 Å². The van der Waals surface area contributed by atoms with Crippen molar-refractivity contribution in [3.8, 4) is 0 Å². The lowest BCUT2D eigenvalue weighted by molar-refractivity contribution is -0.227. The van der Waals surface area contributed by atoms with Crippen molar-refractivity contribution in [2.75, 3.05) is 0 Å². The lowest BCUT2D eigenvalue weighted by Gasteiger charge is -2.72.